The lowest BCUT2D eigenvalue weighted by molar-refractivity contribution is -0.143. The summed E-state index contributed by atoms with van der Waals surface area (Å²) in [5, 5.41) is 2.69. The molecule has 142 valence electrons. The summed E-state index contributed by atoms with van der Waals surface area (Å²) in [5.41, 5.74) is 3.15. The van der Waals surface area contributed by atoms with Crippen LogP contribution in [0.4, 0.5) is 17.6 Å². The van der Waals surface area contributed by atoms with Crippen LogP contribution in [0.2, 0.25) is 10.0 Å². The molecule has 0 saturated heterocycles. The van der Waals surface area contributed by atoms with E-state index in [4.69, 9.17) is 33.7 Å². The predicted molar refractivity (Wildman–Crippen MR) is 87.5 cm³/mol. The molecule has 0 aliphatic heterocycles. The van der Waals surface area contributed by atoms with E-state index in [1.54, 1.807) is 6.92 Å². The quantitative estimate of drug-likeness (QED) is 0.746. The Bertz CT molecular complexity index is 852. The van der Waals surface area contributed by atoms with Crippen molar-refractivity contribution in [2.24, 2.45) is 12.8 Å². The van der Waals surface area contributed by atoms with E-state index in [9.17, 15) is 22.4 Å². The van der Waals surface area contributed by atoms with Gasteiger partial charge in [0.1, 0.15) is 17.3 Å². The highest BCUT2D eigenvalue weighted by molar-refractivity contribution is 6.34. The number of hydrogen-bond donors (Lipinski definition) is 1. The maximum atomic E-state index is 14.3. The SMILES string of the molecule is CCC(Oc1cc(-c2nn(C)c(C(F)(F)F)c2Cl)c(F)cc1Cl)C(N)=O. The minimum atomic E-state index is -4.78. The van der Waals surface area contributed by atoms with Crippen LogP contribution in [-0.2, 0) is 18.0 Å². The molecular weight excluding hydrogens is 401 g/mol. The third-order valence-electron chi connectivity index (χ3n) is 3.49. The van der Waals surface area contributed by atoms with Gasteiger partial charge in [-0.25, -0.2) is 4.39 Å². The first-order chi connectivity index (χ1) is 12.0. The Morgan fingerprint density at radius 1 is 1.38 bits per heavy atom. The second-order valence-corrected chi connectivity index (χ2v) is 6.10. The molecule has 1 atom stereocenters. The van der Waals surface area contributed by atoms with Crippen molar-refractivity contribution in [3.05, 3.63) is 33.7 Å². The molecule has 1 aromatic carbocycles. The van der Waals surface area contributed by atoms with Crippen LogP contribution in [0.1, 0.15) is 19.0 Å². The number of primary amides is 1. The summed E-state index contributed by atoms with van der Waals surface area (Å²) in [6, 6.07) is 1.86. The third kappa shape index (κ3) is 3.88. The molecule has 2 N–H and O–H groups in total. The molecule has 5 nitrogen and oxygen atoms in total. The van der Waals surface area contributed by atoms with Crippen LogP contribution in [0, 0.1) is 5.82 Å². The van der Waals surface area contributed by atoms with Gasteiger partial charge in [-0.3, -0.25) is 9.48 Å². The zero-order valence-corrected chi connectivity index (χ0v) is 15.0. The Labute approximate surface area is 155 Å². The number of aromatic nitrogens is 2. The Hall–Kier alpha value is -2.00. The number of carbonyl (C=O) groups is 1. The van der Waals surface area contributed by atoms with Crippen LogP contribution >= 0.6 is 23.2 Å². The van der Waals surface area contributed by atoms with Crippen molar-refractivity contribution in [2.75, 3.05) is 0 Å². The lowest BCUT2D eigenvalue weighted by atomic mass is 10.1. The zero-order chi connectivity index (χ0) is 19.8. The van der Waals surface area contributed by atoms with Gasteiger partial charge in [-0.1, -0.05) is 30.1 Å². The fourth-order valence-corrected chi connectivity index (χ4v) is 2.84. The molecule has 0 fully saturated rings. The number of benzene rings is 1. The maximum absolute atomic E-state index is 14.3. The summed E-state index contributed by atoms with van der Waals surface area (Å²) < 4.78 is 59.3. The summed E-state index contributed by atoms with van der Waals surface area (Å²) in [5.74, 6) is -1.86. The summed E-state index contributed by atoms with van der Waals surface area (Å²) in [7, 11) is 1.03. The number of aryl methyl sites for hydroxylation is 1. The fourth-order valence-electron chi connectivity index (χ4n) is 2.27. The second kappa shape index (κ2) is 7.32. The van der Waals surface area contributed by atoms with Crippen LogP contribution in [-0.4, -0.2) is 21.8 Å². The van der Waals surface area contributed by atoms with E-state index >= 15 is 0 Å². The van der Waals surface area contributed by atoms with E-state index in [2.05, 4.69) is 5.10 Å². The minimum Gasteiger partial charge on any atom is -0.479 e. The number of alkyl halides is 3. The molecule has 1 heterocycles. The predicted octanol–water partition coefficient (Wildman–Crippen LogP) is 4.19. The van der Waals surface area contributed by atoms with Crippen molar-refractivity contribution in [2.45, 2.75) is 25.6 Å². The average molecular weight is 414 g/mol. The molecule has 0 saturated carbocycles. The third-order valence-corrected chi connectivity index (χ3v) is 4.15. The van der Waals surface area contributed by atoms with E-state index in [-0.39, 0.29) is 22.8 Å². The van der Waals surface area contributed by atoms with Crippen LogP contribution < -0.4 is 10.5 Å². The molecule has 0 spiro atoms. The summed E-state index contributed by atoms with van der Waals surface area (Å²) in [4.78, 5) is 11.3. The van der Waals surface area contributed by atoms with Crippen LogP contribution in [0.15, 0.2) is 12.1 Å². The number of hydrogen-bond acceptors (Lipinski definition) is 3. The van der Waals surface area contributed by atoms with Gasteiger partial charge in [0.25, 0.3) is 5.91 Å². The van der Waals surface area contributed by atoms with Gasteiger partial charge in [0.15, 0.2) is 11.8 Å². The highest BCUT2D eigenvalue weighted by atomic mass is 35.5. The average Bonchev–Trinajstić information content (AvgIpc) is 2.80. The molecule has 2 aromatic rings. The fraction of sp³-hybridized carbons (Fsp3) is 0.333. The van der Waals surface area contributed by atoms with Crippen molar-refractivity contribution in [1.82, 2.24) is 9.78 Å². The first-order valence-electron chi connectivity index (χ1n) is 7.22. The molecule has 0 aliphatic carbocycles. The molecule has 0 aliphatic rings. The zero-order valence-electron chi connectivity index (χ0n) is 13.5. The normalized spacial score (nSPS) is 12.9. The number of ether oxygens (including phenoxy) is 1. The molecule has 1 aromatic heterocycles. The molecule has 0 radical (unpaired) electrons. The lowest BCUT2D eigenvalue weighted by Gasteiger charge is -2.16. The highest BCUT2D eigenvalue weighted by Gasteiger charge is 2.39. The topological polar surface area (TPSA) is 70.1 Å². The molecule has 0 bridgehead atoms. The number of carbonyl (C=O) groups excluding carboxylic acids is 1. The van der Waals surface area contributed by atoms with E-state index < -0.39 is 40.4 Å². The Morgan fingerprint density at radius 2 is 2.00 bits per heavy atom. The molecule has 2 rings (SSSR count). The van der Waals surface area contributed by atoms with Crippen LogP contribution in [0.5, 0.6) is 5.75 Å². The monoisotopic (exact) mass is 413 g/mol. The molecule has 11 heteroatoms. The number of amides is 1. The van der Waals surface area contributed by atoms with Gasteiger partial charge in [-0.15, -0.1) is 0 Å². The van der Waals surface area contributed by atoms with Gasteiger partial charge in [-0.05, 0) is 18.6 Å². The summed E-state index contributed by atoms with van der Waals surface area (Å²) in [6.07, 6.45) is -5.62. The van der Waals surface area contributed by atoms with E-state index in [0.717, 1.165) is 19.2 Å². The number of halogens is 6. The largest absolute Gasteiger partial charge is 0.479 e. The Balaban J connectivity index is 2.58. The number of rotatable bonds is 5. The Kier molecular flexibility index (Phi) is 5.72. The minimum absolute atomic E-state index is 0.135. The van der Waals surface area contributed by atoms with Crippen LogP contribution in [0.25, 0.3) is 11.3 Å². The van der Waals surface area contributed by atoms with Gasteiger partial charge in [-0.2, -0.15) is 18.3 Å². The second-order valence-electron chi connectivity index (χ2n) is 5.31. The number of nitrogens with two attached hydrogens (primary N) is 1. The maximum Gasteiger partial charge on any atom is 0.434 e. The van der Waals surface area contributed by atoms with Crippen molar-refractivity contribution in [3.8, 4) is 17.0 Å². The van der Waals surface area contributed by atoms with Gasteiger partial charge >= 0.3 is 6.18 Å². The highest BCUT2D eigenvalue weighted by Crippen LogP contribution is 2.42. The first kappa shape index (κ1) is 20.3. The Morgan fingerprint density at radius 3 is 2.46 bits per heavy atom. The van der Waals surface area contributed by atoms with Gasteiger partial charge in [0.05, 0.1) is 10.0 Å². The first-order valence-corrected chi connectivity index (χ1v) is 7.98. The van der Waals surface area contributed by atoms with Gasteiger partial charge in [0.2, 0.25) is 0 Å². The number of nitrogens with zero attached hydrogens (tertiary/aromatic N) is 2. The van der Waals surface area contributed by atoms with Gasteiger partial charge in [0, 0.05) is 12.6 Å². The molecular formula is C15H13Cl2F4N3O2. The molecule has 26 heavy (non-hydrogen) atoms. The van der Waals surface area contributed by atoms with Crippen molar-refractivity contribution in [1.29, 1.82) is 0 Å². The molecule has 1 unspecified atom stereocenters. The summed E-state index contributed by atoms with van der Waals surface area (Å²) >= 11 is 11.7. The van der Waals surface area contributed by atoms with Crippen molar-refractivity contribution in [3.63, 3.8) is 0 Å². The van der Waals surface area contributed by atoms with Gasteiger partial charge < -0.3 is 10.5 Å². The van der Waals surface area contributed by atoms with E-state index in [0.29, 0.717) is 4.68 Å². The molecule has 1 amide bonds. The summed E-state index contributed by atoms with van der Waals surface area (Å²) in [6.45, 7) is 1.62. The lowest BCUT2D eigenvalue weighted by Crippen LogP contribution is -2.33. The van der Waals surface area contributed by atoms with E-state index in [1.807, 2.05) is 0 Å². The smallest absolute Gasteiger partial charge is 0.434 e. The van der Waals surface area contributed by atoms with Crippen molar-refractivity contribution < 1.29 is 27.1 Å². The standard InChI is InChI=1S/C15H13Cl2F4N3O2/c1-3-9(14(22)25)26-10-4-6(8(18)5-7(10)16)12-11(17)13(15(19,20)21)24(2)23-12/h4-5,9H,3H2,1-2H3,(H2,22,25). The van der Waals surface area contributed by atoms with Crippen LogP contribution in [0.3, 0.4) is 0 Å². The van der Waals surface area contributed by atoms with Crippen molar-refractivity contribution >= 4 is 29.1 Å². The van der Waals surface area contributed by atoms with E-state index in [1.165, 1.54) is 0 Å².